The molecule has 1 spiro atoms. The number of aliphatic hydroxyl groups is 1. The van der Waals surface area contributed by atoms with Gasteiger partial charge in [0.25, 0.3) is 5.91 Å². The van der Waals surface area contributed by atoms with Crippen molar-refractivity contribution in [1.82, 2.24) is 4.90 Å². The first-order chi connectivity index (χ1) is 21.0. The minimum atomic E-state index is -2.95. The number of amides is 3. The summed E-state index contributed by atoms with van der Waals surface area (Å²) in [5.74, 6) is -0.0404. The van der Waals surface area contributed by atoms with Crippen LogP contribution < -0.4 is 14.5 Å². The van der Waals surface area contributed by atoms with E-state index in [1.54, 1.807) is 21.8 Å². The molecule has 0 aliphatic carbocycles. The zero-order valence-corrected chi connectivity index (χ0v) is 27.0. The molecule has 10 nitrogen and oxygen atoms in total. The van der Waals surface area contributed by atoms with Crippen LogP contribution in [-0.2, 0) is 31.3 Å². The van der Waals surface area contributed by atoms with Gasteiger partial charge >= 0.3 is 0 Å². The molecule has 2 aromatic carbocycles. The Labute approximate surface area is 259 Å². The van der Waals surface area contributed by atoms with Crippen LogP contribution in [-0.4, -0.2) is 79.8 Å². The van der Waals surface area contributed by atoms with Crippen LogP contribution >= 0.6 is 0 Å². The SMILES string of the molecule is COc1ccc2c(c1)[C@@]1(O[C@H](CC(=O)N3CCC[C@H]3CO)[C@@H]([Si](C)(C)O)[C@@H]1C)C(=O)N2Cc1ccc(N2CCCC2=O)cc1. The molecule has 2 aromatic rings. The fourth-order valence-corrected chi connectivity index (χ4v) is 10.6. The van der Waals surface area contributed by atoms with Crippen LogP contribution in [0.15, 0.2) is 42.5 Å². The standard InChI is InChI=1S/C33H43N3O7Si/c1-21-31(44(3,4)41)28(18-30(39)35-15-5-7-24(35)20-37)43-33(21)26-17-25(42-2)13-14-27(26)36(32(33)40)19-22-9-11-23(12-10-22)34-16-6-8-29(34)38/h9-14,17,21,24,28,31,37,41H,5-8,15-16,18-20H2,1-4H3/t21-,24-,28+,31-,33+/m0/s1. The molecule has 5 atom stereocenters. The van der Waals surface area contributed by atoms with Crippen LogP contribution in [0.4, 0.5) is 11.4 Å². The van der Waals surface area contributed by atoms with E-state index in [1.165, 1.54) is 0 Å². The van der Waals surface area contributed by atoms with Crippen LogP contribution in [0.5, 0.6) is 5.75 Å². The van der Waals surface area contributed by atoms with Gasteiger partial charge in [0.05, 0.1) is 44.5 Å². The summed E-state index contributed by atoms with van der Waals surface area (Å²) in [6.07, 6.45) is 2.38. The van der Waals surface area contributed by atoms with Gasteiger partial charge in [0.2, 0.25) is 11.8 Å². The third-order valence-electron chi connectivity index (χ3n) is 10.1. The molecule has 44 heavy (non-hydrogen) atoms. The Hall–Kier alpha value is -3.25. The number of hydrogen-bond donors (Lipinski definition) is 2. The third kappa shape index (κ3) is 5.03. The number of carbonyl (C=O) groups excluding carboxylic acids is 3. The number of benzene rings is 2. The van der Waals surface area contributed by atoms with Crippen molar-refractivity contribution in [2.75, 3.05) is 36.6 Å². The second-order valence-electron chi connectivity index (χ2n) is 13.2. The van der Waals surface area contributed by atoms with Gasteiger partial charge in [-0.15, -0.1) is 0 Å². The largest absolute Gasteiger partial charge is 0.497 e. The van der Waals surface area contributed by atoms with Crippen molar-refractivity contribution in [3.05, 3.63) is 53.6 Å². The van der Waals surface area contributed by atoms with Crippen LogP contribution in [0.2, 0.25) is 18.6 Å². The van der Waals surface area contributed by atoms with E-state index < -0.39 is 25.9 Å². The Morgan fingerprint density at radius 3 is 2.50 bits per heavy atom. The molecule has 3 saturated heterocycles. The lowest BCUT2D eigenvalue weighted by Gasteiger charge is -2.33. The van der Waals surface area contributed by atoms with Crippen LogP contribution in [0.1, 0.15) is 50.2 Å². The number of nitrogens with zero attached hydrogens (tertiary/aromatic N) is 3. The highest BCUT2D eigenvalue weighted by Crippen LogP contribution is 2.60. The van der Waals surface area contributed by atoms with E-state index >= 15 is 0 Å². The third-order valence-corrected chi connectivity index (χ3v) is 12.6. The van der Waals surface area contributed by atoms with E-state index in [1.807, 2.05) is 62.5 Å². The lowest BCUT2D eigenvalue weighted by Crippen LogP contribution is -2.46. The molecule has 3 amide bonds. The highest BCUT2D eigenvalue weighted by molar-refractivity contribution is 6.71. The molecule has 4 aliphatic heterocycles. The quantitative estimate of drug-likeness (QED) is 0.433. The summed E-state index contributed by atoms with van der Waals surface area (Å²) >= 11 is 0. The maximum Gasteiger partial charge on any atom is 0.264 e. The van der Waals surface area contributed by atoms with Gasteiger partial charge < -0.3 is 34.1 Å². The number of carbonyl (C=O) groups is 3. The fourth-order valence-electron chi connectivity index (χ4n) is 8.07. The first-order valence-electron chi connectivity index (χ1n) is 15.7. The molecule has 236 valence electrons. The van der Waals surface area contributed by atoms with Crippen molar-refractivity contribution in [3.63, 3.8) is 0 Å². The Kier molecular flexibility index (Phi) is 8.10. The molecule has 4 aliphatic rings. The molecular weight excluding hydrogens is 578 g/mol. The minimum Gasteiger partial charge on any atom is -0.497 e. The van der Waals surface area contributed by atoms with Crippen molar-refractivity contribution < 1.29 is 33.8 Å². The molecule has 11 heteroatoms. The number of hydrogen-bond acceptors (Lipinski definition) is 7. The normalized spacial score (nSPS) is 28.5. The van der Waals surface area contributed by atoms with E-state index in [9.17, 15) is 24.3 Å². The molecule has 3 fully saturated rings. The van der Waals surface area contributed by atoms with Crippen molar-refractivity contribution in [2.24, 2.45) is 5.92 Å². The number of methoxy groups -OCH3 is 1. The van der Waals surface area contributed by atoms with Gasteiger partial charge in [0.15, 0.2) is 13.9 Å². The molecule has 0 saturated carbocycles. The van der Waals surface area contributed by atoms with Crippen molar-refractivity contribution >= 4 is 37.4 Å². The Bertz CT molecular complexity index is 1440. The number of anilines is 2. The molecule has 6 rings (SSSR count). The lowest BCUT2D eigenvalue weighted by atomic mass is 9.82. The molecule has 4 heterocycles. The zero-order chi connectivity index (χ0) is 31.4. The summed E-state index contributed by atoms with van der Waals surface area (Å²) in [4.78, 5) is 57.3. The van der Waals surface area contributed by atoms with Crippen molar-refractivity contribution in [1.29, 1.82) is 0 Å². The molecule has 0 radical (unpaired) electrons. The molecule has 0 aromatic heterocycles. The van der Waals surface area contributed by atoms with E-state index in [0.29, 0.717) is 43.1 Å². The monoisotopic (exact) mass is 621 g/mol. The van der Waals surface area contributed by atoms with Crippen LogP contribution in [0.25, 0.3) is 0 Å². The highest BCUT2D eigenvalue weighted by Gasteiger charge is 2.66. The van der Waals surface area contributed by atoms with Gasteiger partial charge in [-0.2, -0.15) is 0 Å². The summed E-state index contributed by atoms with van der Waals surface area (Å²) in [5, 5.41) is 9.82. The average molecular weight is 622 g/mol. The molecular formula is C33H43N3O7Si. The Balaban J connectivity index is 1.34. The Morgan fingerprint density at radius 2 is 1.86 bits per heavy atom. The van der Waals surface area contributed by atoms with Gasteiger partial charge in [0.1, 0.15) is 5.75 Å². The van der Waals surface area contributed by atoms with E-state index in [0.717, 1.165) is 30.5 Å². The molecule has 0 bridgehead atoms. The highest BCUT2D eigenvalue weighted by atomic mass is 28.4. The maximum atomic E-state index is 14.7. The fraction of sp³-hybridized carbons (Fsp3) is 0.545. The predicted octanol–water partition coefficient (Wildman–Crippen LogP) is 3.54. The summed E-state index contributed by atoms with van der Waals surface area (Å²) < 4.78 is 12.4. The van der Waals surface area contributed by atoms with Gasteiger partial charge in [-0.3, -0.25) is 14.4 Å². The number of fused-ring (bicyclic) bond motifs is 2. The first kappa shape index (κ1) is 30.8. The Morgan fingerprint density at radius 1 is 1.11 bits per heavy atom. The summed E-state index contributed by atoms with van der Waals surface area (Å²) in [6, 6.07) is 13.1. The summed E-state index contributed by atoms with van der Waals surface area (Å²) in [5.41, 5.74) is 1.37. The number of ether oxygens (including phenoxy) is 2. The molecule has 2 N–H and O–H groups in total. The van der Waals surface area contributed by atoms with E-state index in [4.69, 9.17) is 9.47 Å². The summed E-state index contributed by atoms with van der Waals surface area (Å²) in [7, 11) is -1.37. The van der Waals surface area contributed by atoms with Crippen molar-refractivity contribution in [2.45, 2.75) is 82.0 Å². The zero-order valence-electron chi connectivity index (χ0n) is 26.0. The average Bonchev–Trinajstić information content (AvgIpc) is 3.76. The van der Waals surface area contributed by atoms with Crippen LogP contribution in [0.3, 0.4) is 0 Å². The number of rotatable bonds is 8. The van der Waals surface area contributed by atoms with Crippen LogP contribution in [0, 0.1) is 5.92 Å². The molecule has 0 unspecified atom stereocenters. The van der Waals surface area contributed by atoms with Gasteiger partial charge in [-0.1, -0.05) is 19.1 Å². The first-order valence-corrected chi connectivity index (χ1v) is 18.7. The minimum absolute atomic E-state index is 0.0352. The maximum absolute atomic E-state index is 14.7. The lowest BCUT2D eigenvalue weighted by molar-refractivity contribution is -0.150. The topological polar surface area (TPSA) is 120 Å². The predicted molar refractivity (Wildman–Crippen MR) is 168 cm³/mol. The second-order valence-corrected chi connectivity index (χ2v) is 17.2. The summed E-state index contributed by atoms with van der Waals surface area (Å²) in [6.45, 7) is 7.15. The van der Waals surface area contributed by atoms with Crippen molar-refractivity contribution in [3.8, 4) is 5.75 Å². The van der Waals surface area contributed by atoms with E-state index in [-0.39, 0.29) is 42.3 Å². The smallest absolute Gasteiger partial charge is 0.264 e. The van der Waals surface area contributed by atoms with Gasteiger partial charge in [0, 0.05) is 42.2 Å². The number of aliphatic hydroxyl groups excluding tert-OH is 1. The van der Waals surface area contributed by atoms with Gasteiger partial charge in [-0.25, -0.2) is 0 Å². The number of likely N-dealkylation sites (tertiary alicyclic amines) is 1. The second kappa shape index (κ2) is 11.6. The van der Waals surface area contributed by atoms with Gasteiger partial charge in [-0.05, 0) is 68.3 Å². The van der Waals surface area contributed by atoms with E-state index in [2.05, 4.69) is 0 Å².